The Bertz CT molecular complexity index is 1020. The molecule has 0 radical (unpaired) electrons. The molecule has 0 bridgehead atoms. The lowest BCUT2D eigenvalue weighted by Gasteiger charge is -2.45. The Labute approximate surface area is 209 Å². The van der Waals surface area contributed by atoms with Gasteiger partial charge in [0.15, 0.2) is 0 Å². The molecular weight excluding hydrogens is 480 g/mol. The molecule has 34 heavy (non-hydrogen) atoms. The Morgan fingerprint density at radius 1 is 1.21 bits per heavy atom. The number of aliphatic hydroxyl groups excluding tert-OH is 1. The monoisotopic (exact) mass is 509 g/mol. The lowest BCUT2D eigenvalue weighted by molar-refractivity contribution is -0.0475. The van der Waals surface area contributed by atoms with Crippen molar-refractivity contribution >= 4 is 34.9 Å². The van der Waals surface area contributed by atoms with Crippen LogP contribution in [0.25, 0.3) is 0 Å². The minimum Gasteiger partial charge on any atom is -0.376 e. The van der Waals surface area contributed by atoms with Gasteiger partial charge in [0.2, 0.25) is 0 Å². The third-order valence-corrected chi connectivity index (χ3v) is 7.06. The molecule has 0 saturated carbocycles. The van der Waals surface area contributed by atoms with Crippen LogP contribution in [0.5, 0.6) is 0 Å². The fraction of sp³-hybridized carbons (Fsp3) is 0.500. The average Bonchev–Trinajstić information content (AvgIpc) is 2.81. The van der Waals surface area contributed by atoms with Crippen molar-refractivity contribution in [2.24, 2.45) is 0 Å². The van der Waals surface area contributed by atoms with E-state index in [2.05, 4.69) is 20.1 Å². The average molecular weight is 510 g/mol. The van der Waals surface area contributed by atoms with E-state index in [0.29, 0.717) is 59.7 Å². The van der Waals surface area contributed by atoms with Gasteiger partial charge >= 0.3 is 0 Å². The van der Waals surface area contributed by atoms with Gasteiger partial charge in [-0.2, -0.15) is 0 Å². The van der Waals surface area contributed by atoms with Gasteiger partial charge in [-0.1, -0.05) is 29.3 Å². The van der Waals surface area contributed by atoms with E-state index in [0.717, 1.165) is 25.9 Å². The van der Waals surface area contributed by atoms with Crippen LogP contribution in [0.2, 0.25) is 10.0 Å². The molecule has 0 spiro atoms. The third-order valence-electron chi connectivity index (χ3n) is 6.55. The van der Waals surface area contributed by atoms with Crippen LogP contribution >= 0.6 is 23.2 Å². The summed E-state index contributed by atoms with van der Waals surface area (Å²) in [5.74, 6) is 0.0964. The SMILES string of the molecule is CCNC(=O)c1cnc(N2CCN(C3CCN(Cc4ccc(Cl)cc4F)CC3)C(O)C2)c(Cl)c1. The number of hydrogen-bond acceptors (Lipinski definition) is 6. The van der Waals surface area contributed by atoms with E-state index in [1.165, 1.54) is 12.3 Å². The summed E-state index contributed by atoms with van der Waals surface area (Å²) in [6, 6.07) is 6.71. The molecule has 1 unspecified atom stereocenters. The molecule has 0 aliphatic carbocycles. The lowest BCUT2D eigenvalue weighted by atomic mass is 10.0. The number of piperidine rings is 1. The summed E-state index contributed by atoms with van der Waals surface area (Å²) in [7, 11) is 0. The van der Waals surface area contributed by atoms with Crippen LogP contribution in [-0.2, 0) is 6.54 Å². The van der Waals surface area contributed by atoms with E-state index in [9.17, 15) is 14.3 Å². The highest BCUT2D eigenvalue weighted by atomic mass is 35.5. The first-order chi connectivity index (χ1) is 16.4. The Morgan fingerprint density at radius 2 is 1.97 bits per heavy atom. The van der Waals surface area contributed by atoms with Crippen molar-refractivity contribution in [2.45, 2.75) is 38.6 Å². The second-order valence-electron chi connectivity index (χ2n) is 8.80. The van der Waals surface area contributed by atoms with E-state index < -0.39 is 6.23 Å². The van der Waals surface area contributed by atoms with Gasteiger partial charge in [-0.3, -0.25) is 14.6 Å². The van der Waals surface area contributed by atoms with Crippen LogP contribution in [0.1, 0.15) is 35.7 Å². The predicted octanol–water partition coefficient (Wildman–Crippen LogP) is 3.38. The van der Waals surface area contributed by atoms with E-state index in [4.69, 9.17) is 23.2 Å². The van der Waals surface area contributed by atoms with Gasteiger partial charge < -0.3 is 15.3 Å². The molecule has 7 nitrogen and oxygen atoms in total. The van der Waals surface area contributed by atoms with Gasteiger partial charge in [0, 0.05) is 49.0 Å². The van der Waals surface area contributed by atoms with Crippen LogP contribution in [0.4, 0.5) is 10.2 Å². The number of piperazine rings is 1. The zero-order valence-corrected chi connectivity index (χ0v) is 20.7. The number of halogens is 3. The van der Waals surface area contributed by atoms with Gasteiger partial charge in [0.25, 0.3) is 5.91 Å². The maximum absolute atomic E-state index is 14.1. The Balaban J connectivity index is 1.31. The molecule has 4 rings (SSSR count). The molecule has 2 aliphatic rings. The zero-order chi connectivity index (χ0) is 24.2. The second-order valence-corrected chi connectivity index (χ2v) is 9.64. The summed E-state index contributed by atoms with van der Waals surface area (Å²) in [6.07, 6.45) is 2.70. The number of β-amino-alcohol motifs (C(OH)–C–C–N with tert-alkyl or cyclic N) is 1. The van der Waals surface area contributed by atoms with Crippen molar-refractivity contribution < 1.29 is 14.3 Å². The molecular formula is C24H30Cl2FN5O2. The van der Waals surface area contributed by atoms with E-state index in [-0.39, 0.29) is 17.8 Å². The normalized spacial score (nSPS) is 20.5. The van der Waals surface area contributed by atoms with Crippen LogP contribution in [0.15, 0.2) is 30.5 Å². The molecule has 2 aliphatic heterocycles. The fourth-order valence-corrected chi connectivity index (χ4v) is 5.19. The third kappa shape index (κ3) is 5.80. The minimum atomic E-state index is -0.639. The number of aliphatic hydroxyl groups is 1. The van der Waals surface area contributed by atoms with Crippen molar-refractivity contribution in [2.75, 3.05) is 44.2 Å². The molecule has 1 amide bonds. The molecule has 1 atom stereocenters. The number of nitrogens with one attached hydrogen (secondary N) is 1. The van der Waals surface area contributed by atoms with E-state index >= 15 is 0 Å². The summed E-state index contributed by atoms with van der Waals surface area (Å²) in [6.45, 7) is 6.39. The number of carbonyl (C=O) groups is 1. The highest BCUT2D eigenvalue weighted by Gasteiger charge is 2.34. The number of carbonyl (C=O) groups excluding carboxylic acids is 1. The van der Waals surface area contributed by atoms with Crippen molar-refractivity contribution in [3.05, 3.63) is 57.5 Å². The number of rotatable bonds is 6. The van der Waals surface area contributed by atoms with Crippen molar-refractivity contribution in [1.82, 2.24) is 20.1 Å². The van der Waals surface area contributed by atoms with Gasteiger partial charge in [0.05, 0.1) is 17.1 Å². The number of nitrogens with zero attached hydrogens (tertiary/aromatic N) is 4. The minimum absolute atomic E-state index is 0.210. The second kappa shape index (κ2) is 11.2. The summed E-state index contributed by atoms with van der Waals surface area (Å²) in [5.41, 5.74) is 1.07. The summed E-state index contributed by atoms with van der Waals surface area (Å²) in [5, 5.41) is 14.4. The highest BCUT2D eigenvalue weighted by molar-refractivity contribution is 6.33. The molecule has 2 aromatic rings. The summed E-state index contributed by atoms with van der Waals surface area (Å²) in [4.78, 5) is 22.8. The van der Waals surface area contributed by atoms with Crippen LogP contribution < -0.4 is 10.2 Å². The largest absolute Gasteiger partial charge is 0.376 e. The van der Waals surface area contributed by atoms with Gasteiger partial charge in [0.1, 0.15) is 17.9 Å². The van der Waals surface area contributed by atoms with Crippen LogP contribution in [-0.4, -0.2) is 77.3 Å². The number of pyridine rings is 1. The fourth-order valence-electron chi connectivity index (χ4n) is 4.75. The lowest BCUT2D eigenvalue weighted by Crippen LogP contribution is -2.58. The van der Waals surface area contributed by atoms with E-state index in [1.807, 2.05) is 11.8 Å². The summed E-state index contributed by atoms with van der Waals surface area (Å²) < 4.78 is 14.1. The number of anilines is 1. The van der Waals surface area contributed by atoms with Crippen molar-refractivity contribution in [3.8, 4) is 0 Å². The quantitative estimate of drug-likeness (QED) is 0.621. The smallest absolute Gasteiger partial charge is 0.252 e. The number of likely N-dealkylation sites (tertiary alicyclic amines) is 1. The molecule has 2 fully saturated rings. The van der Waals surface area contributed by atoms with Gasteiger partial charge in [-0.15, -0.1) is 0 Å². The first-order valence-electron chi connectivity index (χ1n) is 11.6. The Morgan fingerprint density at radius 3 is 2.62 bits per heavy atom. The van der Waals surface area contributed by atoms with Gasteiger partial charge in [-0.05, 0) is 51.1 Å². The first-order valence-corrected chi connectivity index (χ1v) is 12.4. The Hall–Kier alpha value is -1.97. The highest BCUT2D eigenvalue weighted by Crippen LogP contribution is 2.28. The van der Waals surface area contributed by atoms with Crippen molar-refractivity contribution in [1.29, 1.82) is 0 Å². The molecule has 184 valence electrons. The number of aromatic nitrogens is 1. The summed E-state index contributed by atoms with van der Waals surface area (Å²) >= 11 is 12.3. The molecule has 3 heterocycles. The molecule has 2 saturated heterocycles. The standard InChI is InChI=1S/C24H30Cl2FN5O2/c1-2-28-24(34)17-11-20(26)23(29-13-17)31-9-10-32(22(33)15-31)19-5-7-30(8-6-19)14-16-3-4-18(25)12-21(16)27/h3-4,11-13,19,22,33H,2,5-10,14-15H2,1H3,(H,28,34). The van der Waals surface area contributed by atoms with E-state index in [1.54, 1.807) is 18.2 Å². The topological polar surface area (TPSA) is 71.9 Å². The molecule has 2 N–H and O–H groups in total. The molecule has 10 heteroatoms. The first kappa shape index (κ1) is 25.1. The van der Waals surface area contributed by atoms with Crippen molar-refractivity contribution in [3.63, 3.8) is 0 Å². The van der Waals surface area contributed by atoms with Gasteiger partial charge in [-0.25, -0.2) is 9.37 Å². The van der Waals surface area contributed by atoms with Crippen LogP contribution in [0, 0.1) is 5.82 Å². The predicted molar refractivity (Wildman–Crippen MR) is 132 cm³/mol. The number of benzene rings is 1. The molecule has 1 aromatic heterocycles. The van der Waals surface area contributed by atoms with Crippen LogP contribution in [0.3, 0.4) is 0 Å². The number of hydrogen-bond donors (Lipinski definition) is 2. The molecule has 1 aromatic carbocycles. The number of amides is 1. The zero-order valence-electron chi connectivity index (χ0n) is 19.2. The Kier molecular flexibility index (Phi) is 8.26. The maximum atomic E-state index is 14.1. The maximum Gasteiger partial charge on any atom is 0.252 e.